The van der Waals surface area contributed by atoms with Crippen LogP contribution in [0.5, 0.6) is 0 Å². The summed E-state index contributed by atoms with van der Waals surface area (Å²) in [7, 11) is 0. The summed E-state index contributed by atoms with van der Waals surface area (Å²) in [5.41, 5.74) is 1.83. The maximum atomic E-state index is 14.0. The lowest BCUT2D eigenvalue weighted by Crippen LogP contribution is -2.40. The molecule has 0 aromatic heterocycles. The van der Waals surface area contributed by atoms with Crippen LogP contribution in [0.4, 0.5) is 4.39 Å². The first-order valence-electron chi connectivity index (χ1n) is 6.31. The quantitative estimate of drug-likeness (QED) is 0.875. The molecule has 100 valence electrons. The molecule has 1 aliphatic rings. The number of hydrogen-bond donors (Lipinski definition) is 1. The van der Waals surface area contributed by atoms with Crippen molar-refractivity contribution < 1.29 is 4.39 Å². The second-order valence-electron chi connectivity index (χ2n) is 5.23. The van der Waals surface area contributed by atoms with E-state index >= 15 is 0 Å². The lowest BCUT2D eigenvalue weighted by molar-refractivity contribution is 0.435. The predicted molar refractivity (Wildman–Crippen MR) is 77.8 cm³/mol. The number of nitrogens with one attached hydrogen (secondary N) is 1. The van der Waals surface area contributed by atoms with Gasteiger partial charge in [-0.15, -0.1) is 11.8 Å². The summed E-state index contributed by atoms with van der Waals surface area (Å²) in [4.78, 5) is 0. The van der Waals surface area contributed by atoms with Gasteiger partial charge in [0.1, 0.15) is 5.82 Å². The Morgan fingerprint density at radius 3 is 2.89 bits per heavy atom. The van der Waals surface area contributed by atoms with Crippen molar-refractivity contribution in [3.8, 4) is 0 Å². The Morgan fingerprint density at radius 1 is 1.50 bits per heavy atom. The van der Waals surface area contributed by atoms with Crippen LogP contribution in [0, 0.1) is 5.82 Å². The van der Waals surface area contributed by atoms with Gasteiger partial charge in [-0.05, 0) is 44.5 Å². The molecule has 1 unspecified atom stereocenters. The molecule has 0 fully saturated rings. The molecular formula is C14H19ClFNS. The van der Waals surface area contributed by atoms with E-state index in [0.717, 1.165) is 29.8 Å². The zero-order valence-corrected chi connectivity index (χ0v) is 12.6. The Balaban J connectivity index is 2.43. The van der Waals surface area contributed by atoms with E-state index in [-0.39, 0.29) is 16.6 Å². The molecule has 18 heavy (non-hydrogen) atoms. The number of benzene rings is 1. The van der Waals surface area contributed by atoms with Gasteiger partial charge >= 0.3 is 0 Å². The van der Waals surface area contributed by atoms with Crippen molar-refractivity contribution in [1.82, 2.24) is 5.32 Å². The van der Waals surface area contributed by atoms with Crippen LogP contribution in [0.25, 0.3) is 0 Å². The number of hydrogen-bond acceptors (Lipinski definition) is 2. The van der Waals surface area contributed by atoms with Crippen molar-refractivity contribution in [2.24, 2.45) is 0 Å². The third-order valence-electron chi connectivity index (χ3n) is 3.39. The fourth-order valence-electron chi connectivity index (χ4n) is 2.39. The van der Waals surface area contributed by atoms with E-state index < -0.39 is 0 Å². The second-order valence-corrected chi connectivity index (χ2v) is 7.30. The van der Waals surface area contributed by atoms with Crippen LogP contribution < -0.4 is 5.32 Å². The number of fused-ring (bicyclic) bond motifs is 1. The van der Waals surface area contributed by atoms with Gasteiger partial charge in [-0.1, -0.05) is 18.5 Å². The van der Waals surface area contributed by atoms with Crippen molar-refractivity contribution in [3.05, 3.63) is 34.1 Å². The number of thioether (sulfide) groups is 1. The highest BCUT2D eigenvalue weighted by Gasteiger charge is 2.37. The summed E-state index contributed by atoms with van der Waals surface area (Å²) < 4.78 is 14.0. The highest BCUT2D eigenvalue weighted by atomic mass is 35.5. The van der Waals surface area contributed by atoms with Gasteiger partial charge in [0.15, 0.2) is 0 Å². The minimum absolute atomic E-state index is 0.0549. The van der Waals surface area contributed by atoms with Crippen LogP contribution in [0.1, 0.15) is 44.4 Å². The SMILES string of the molecule is CCCNC1c2cc(Cl)cc(F)c2CSC1(C)C. The van der Waals surface area contributed by atoms with Crippen LogP contribution in [0.2, 0.25) is 5.02 Å². The number of halogens is 2. The molecule has 1 heterocycles. The highest BCUT2D eigenvalue weighted by Crippen LogP contribution is 2.46. The second kappa shape index (κ2) is 5.40. The van der Waals surface area contributed by atoms with E-state index in [0.29, 0.717) is 5.02 Å². The van der Waals surface area contributed by atoms with Crippen molar-refractivity contribution in [1.29, 1.82) is 0 Å². The summed E-state index contributed by atoms with van der Waals surface area (Å²) in [6.45, 7) is 7.47. The fraction of sp³-hybridized carbons (Fsp3) is 0.571. The minimum atomic E-state index is -0.177. The summed E-state index contributed by atoms with van der Waals surface area (Å²) in [5, 5.41) is 4.01. The van der Waals surface area contributed by atoms with Crippen LogP contribution in [-0.2, 0) is 5.75 Å². The fourth-order valence-corrected chi connectivity index (χ4v) is 3.80. The van der Waals surface area contributed by atoms with E-state index in [1.165, 1.54) is 6.07 Å². The molecule has 0 saturated heterocycles. The minimum Gasteiger partial charge on any atom is -0.309 e. The van der Waals surface area contributed by atoms with E-state index in [1.807, 2.05) is 6.07 Å². The van der Waals surface area contributed by atoms with Crippen molar-refractivity contribution in [2.45, 2.75) is 43.7 Å². The molecule has 1 atom stereocenters. The Bertz CT molecular complexity index is 448. The lowest BCUT2D eigenvalue weighted by Gasteiger charge is -2.40. The summed E-state index contributed by atoms with van der Waals surface area (Å²) in [6, 6.07) is 3.48. The molecule has 0 spiro atoms. The average Bonchev–Trinajstić information content (AvgIpc) is 2.26. The molecule has 0 radical (unpaired) electrons. The first kappa shape index (κ1) is 14.2. The van der Waals surface area contributed by atoms with Gasteiger partial charge < -0.3 is 5.32 Å². The van der Waals surface area contributed by atoms with E-state index in [9.17, 15) is 4.39 Å². The average molecular weight is 288 g/mol. The van der Waals surface area contributed by atoms with Crippen LogP contribution >= 0.6 is 23.4 Å². The van der Waals surface area contributed by atoms with Crippen molar-refractivity contribution >= 4 is 23.4 Å². The third kappa shape index (κ3) is 2.68. The smallest absolute Gasteiger partial charge is 0.129 e. The molecule has 0 bridgehead atoms. The Hall–Kier alpha value is -0.250. The van der Waals surface area contributed by atoms with Gasteiger partial charge in [-0.3, -0.25) is 0 Å². The van der Waals surface area contributed by atoms with Gasteiger partial charge in [0, 0.05) is 27.1 Å². The van der Waals surface area contributed by atoms with Gasteiger partial charge in [0.25, 0.3) is 0 Å². The van der Waals surface area contributed by atoms with Crippen molar-refractivity contribution in [2.75, 3.05) is 6.54 Å². The first-order chi connectivity index (χ1) is 8.45. The van der Waals surface area contributed by atoms with Crippen LogP contribution in [-0.4, -0.2) is 11.3 Å². The topological polar surface area (TPSA) is 12.0 Å². The lowest BCUT2D eigenvalue weighted by atomic mass is 9.90. The van der Waals surface area contributed by atoms with E-state index in [4.69, 9.17) is 11.6 Å². The van der Waals surface area contributed by atoms with E-state index in [1.54, 1.807) is 11.8 Å². The predicted octanol–water partition coefficient (Wildman–Crippen LogP) is 4.55. The molecule has 0 saturated carbocycles. The third-order valence-corrected chi connectivity index (χ3v) is 5.02. The van der Waals surface area contributed by atoms with Gasteiger partial charge in [0.2, 0.25) is 0 Å². The van der Waals surface area contributed by atoms with Crippen molar-refractivity contribution in [3.63, 3.8) is 0 Å². The number of rotatable bonds is 3. The zero-order valence-electron chi connectivity index (χ0n) is 11.0. The highest BCUT2D eigenvalue weighted by molar-refractivity contribution is 8.00. The molecule has 1 N–H and O–H groups in total. The first-order valence-corrected chi connectivity index (χ1v) is 7.67. The zero-order chi connectivity index (χ0) is 13.3. The molecular weight excluding hydrogens is 269 g/mol. The van der Waals surface area contributed by atoms with Gasteiger partial charge in [0.05, 0.1) is 0 Å². The molecule has 4 heteroatoms. The molecule has 0 aliphatic carbocycles. The molecule has 1 aromatic carbocycles. The molecule has 1 aromatic rings. The normalized spacial score (nSPS) is 21.7. The molecule has 1 nitrogen and oxygen atoms in total. The molecule has 0 amide bonds. The summed E-state index contributed by atoms with van der Waals surface area (Å²) >= 11 is 7.80. The maximum Gasteiger partial charge on any atom is 0.129 e. The summed E-state index contributed by atoms with van der Waals surface area (Å²) in [6.07, 6.45) is 1.07. The Labute approximate surface area is 117 Å². The van der Waals surface area contributed by atoms with Gasteiger partial charge in [-0.25, -0.2) is 4.39 Å². The largest absolute Gasteiger partial charge is 0.309 e. The summed E-state index contributed by atoms with van der Waals surface area (Å²) in [5.74, 6) is 0.541. The Kier molecular flexibility index (Phi) is 4.25. The Morgan fingerprint density at radius 2 is 2.22 bits per heavy atom. The molecule has 1 aliphatic heterocycles. The standard InChI is InChI=1S/C14H19ClFNS/c1-4-5-17-13-10-6-9(15)7-12(16)11(10)8-18-14(13,2)3/h6-7,13,17H,4-5,8H2,1-3H3. The monoisotopic (exact) mass is 287 g/mol. The van der Waals surface area contributed by atoms with E-state index in [2.05, 4.69) is 26.1 Å². The van der Waals surface area contributed by atoms with Gasteiger partial charge in [-0.2, -0.15) is 0 Å². The maximum absolute atomic E-state index is 14.0. The molecule has 2 rings (SSSR count). The van der Waals surface area contributed by atoms with Crippen LogP contribution in [0.15, 0.2) is 12.1 Å². The van der Waals surface area contributed by atoms with Crippen LogP contribution in [0.3, 0.4) is 0 Å².